The van der Waals surface area contributed by atoms with Crippen LogP contribution >= 0.6 is 0 Å². The number of amides is 1. The Hall–Kier alpha value is -1.55. The van der Waals surface area contributed by atoms with Crippen molar-refractivity contribution in [2.75, 3.05) is 18.5 Å². The molecular weight excluding hydrogens is 216 g/mol. The Kier molecular flexibility index (Phi) is 3.64. The Morgan fingerprint density at radius 1 is 1.53 bits per heavy atom. The molecule has 1 aliphatic rings. The number of fused-ring (bicyclic) bond motifs is 1. The largest absolute Gasteiger partial charge is 0.482 e. The van der Waals surface area contributed by atoms with E-state index < -0.39 is 0 Å². The highest BCUT2D eigenvalue weighted by molar-refractivity contribution is 5.95. The predicted octanol–water partition coefficient (Wildman–Crippen LogP) is 1.54. The first-order valence-corrected chi connectivity index (χ1v) is 5.98. The molecule has 1 amide bonds. The van der Waals surface area contributed by atoms with Gasteiger partial charge in [0.2, 0.25) is 0 Å². The van der Waals surface area contributed by atoms with Gasteiger partial charge < -0.3 is 15.8 Å². The van der Waals surface area contributed by atoms with E-state index in [4.69, 9.17) is 10.5 Å². The van der Waals surface area contributed by atoms with Gasteiger partial charge >= 0.3 is 0 Å². The number of hydrogen-bond acceptors (Lipinski definition) is 3. The molecule has 0 radical (unpaired) electrons. The first-order valence-electron chi connectivity index (χ1n) is 5.98. The van der Waals surface area contributed by atoms with Gasteiger partial charge in [-0.05, 0) is 36.6 Å². The molecule has 0 aromatic heterocycles. The first kappa shape index (κ1) is 11.9. The van der Waals surface area contributed by atoms with E-state index in [0.717, 1.165) is 24.3 Å². The summed E-state index contributed by atoms with van der Waals surface area (Å²) in [5.41, 5.74) is 7.65. The molecular formula is C13H18N2O2. The molecule has 0 saturated heterocycles. The van der Waals surface area contributed by atoms with Crippen molar-refractivity contribution in [1.82, 2.24) is 0 Å². The molecule has 1 aromatic rings. The van der Waals surface area contributed by atoms with Crippen molar-refractivity contribution >= 4 is 11.6 Å². The predicted molar refractivity (Wildman–Crippen MR) is 67.1 cm³/mol. The summed E-state index contributed by atoms with van der Waals surface area (Å²) >= 11 is 0. The number of ether oxygens (including phenoxy) is 1. The Bertz CT molecular complexity index is 414. The fourth-order valence-corrected chi connectivity index (χ4v) is 1.98. The van der Waals surface area contributed by atoms with Gasteiger partial charge in [0, 0.05) is 0 Å². The van der Waals surface area contributed by atoms with Crippen LogP contribution in [0.2, 0.25) is 0 Å². The fraction of sp³-hybridized carbons (Fsp3) is 0.462. The van der Waals surface area contributed by atoms with Gasteiger partial charge in [0.05, 0.1) is 5.69 Å². The highest BCUT2D eigenvalue weighted by Crippen LogP contribution is 2.29. The summed E-state index contributed by atoms with van der Waals surface area (Å²) in [6.45, 7) is 2.93. The van der Waals surface area contributed by atoms with Crippen molar-refractivity contribution in [3.63, 3.8) is 0 Å². The standard InChI is InChI=1S/C13H18N2O2/c1-2-9(7-14)5-10-3-4-12-11(6-10)15-13(16)8-17-12/h3-4,6,9H,2,5,7-8,14H2,1H3,(H,15,16). The van der Waals surface area contributed by atoms with E-state index in [0.29, 0.717) is 12.5 Å². The molecule has 3 N–H and O–H groups in total. The third-order valence-electron chi connectivity index (χ3n) is 3.11. The highest BCUT2D eigenvalue weighted by atomic mass is 16.5. The number of rotatable bonds is 4. The van der Waals surface area contributed by atoms with Crippen LogP contribution in [0.4, 0.5) is 5.69 Å². The van der Waals surface area contributed by atoms with Crippen molar-refractivity contribution in [2.45, 2.75) is 19.8 Å². The van der Waals surface area contributed by atoms with Gasteiger partial charge in [0.25, 0.3) is 5.91 Å². The van der Waals surface area contributed by atoms with E-state index in [9.17, 15) is 4.79 Å². The van der Waals surface area contributed by atoms with Crippen molar-refractivity contribution in [1.29, 1.82) is 0 Å². The topological polar surface area (TPSA) is 64.3 Å². The number of carbonyl (C=O) groups is 1. The van der Waals surface area contributed by atoms with E-state index in [2.05, 4.69) is 12.2 Å². The molecule has 17 heavy (non-hydrogen) atoms. The minimum Gasteiger partial charge on any atom is -0.482 e. The molecule has 4 nitrogen and oxygen atoms in total. The molecule has 0 fully saturated rings. The molecule has 1 heterocycles. The van der Waals surface area contributed by atoms with Crippen LogP contribution in [0.15, 0.2) is 18.2 Å². The Morgan fingerprint density at radius 3 is 3.06 bits per heavy atom. The van der Waals surface area contributed by atoms with Crippen molar-refractivity contribution < 1.29 is 9.53 Å². The van der Waals surface area contributed by atoms with Gasteiger partial charge in [0.15, 0.2) is 6.61 Å². The number of nitrogens with two attached hydrogens (primary N) is 1. The molecule has 1 aliphatic heterocycles. The van der Waals surface area contributed by atoms with E-state index in [1.165, 1.54) is 5.56 Å². The van der Waals surface area contributed by atoms with Gasteiger partial charge in [-0.15, -0.1) is 0 Å². The normalized spacial score (nSPS) is 15.8. The molecule has 1 aromatic carbocycles. The maximum Gasteiger partial charge on any atom is 0.262 e. The van der Waals surface area contributed by atoms with Crippen LogP contribution < -0.4 is 15.8 Å². The van der Waals surface area contributed by atoms with Gasteiger partial charge in [-0.25, -0.2) is 0 Å². The lowest BCUT2D eigenvalue weighted by molar-refractivity contribution is -0.118. The minimum atomic E-state index is -0.0967. The van der Waals surface area contributed by atoms with Gasteiger partial charge in [-0.3, -0.25) is 4.79 Å². The lowest BCUT2D eigenvalue weighted by atomic mass is 9.96. The van der Waals surface area contributed by atoms with Crippen LogP contribution in [-0.4, -0.2) is 19.1 Å². The highest BCUT2D eigenvalue weighted by Gasteiger charge is 2.16. The second-order valence-corrected chi connectivity index (χ2v) is 4.38. The summed E-state index contributed by atoms with van der Waals surface area (Å²) in [7, 11) is 0. The number of nitrogens with one attached hydrogen (secondary N) is 1. The zero-order valence-electron chi connectivity index (χ0n) is 10.0. The summed E-state index contributed by atoms with van der Waals surface area (Å²) in [6, 6.07) is 5.92. The van der Waals surface area contributed by atoms with Gasteiger partial charge in [-0.2, -0.15) is 0 Å². The molecule has 1 unspecified atom stereocenters. The van der Waals surface area contributed by atoms with Crippen molar-refractivity contribution in [2.24, 2.45) is 11.7 Å². The fourth-order valence-electron chi connectivity index (χ4n) is 1.98. The summed E-state index contributed by atoms with van der Waals surface area (Å²) in [5.74, 6) is 1.14. The van der Waals surface area contributed by atoms with E-state index in [-0.39, 0.29) is 12.5 Å². The zero-order valence-corrected chi connectivity index (χ0v) is 10.0. The van der Waals surface area contributed by atoms with Crippen LogP contribution in [-0.2, 0) is 11.2 Å². The summed E-state index contributed by atoms with van der Waals surface area (Å²) in [5, 5.41) is 2.81. The lowest BCUT2D eigenvalue weighted by Crippen LogP contribution is -2.25. The van der Waals surface area contributed by atoms with E-state index in [1.807, 2.05) is 18.2 Å². The summed E-state index contributed by atoms with van der Waals surface area (Å²) in [6.07, 6.45) is 2.01. The molecule has 0 saturated carbocycles. The third-order valence-corrected chi connectivity index (χ3v) is 3.11. The minimum absolute atomic E-state index is 0.0967. The van der Waals surface area contributed by atoms with Crippen molar-refractivity contribution in [3.8, 4) is 5.75 Å². The van der Waals surface area contributed by atoms with Crippen LogP contribution in [0.25, 0.3) is 0 Å². The van der Waals surface area contributed by atoms with Crippen LogP contribution in [0, 0.1) is 5.92 Å². The SMILES string of the molecule is CCC(CN)Cc1ccc2c(c1)NC(=O)CO2. The van der Waals surface area contributed by atoms with Crippen LogP contribution in [0.1, 0.15) is 18.9 Å². The Labute approximate surface area is 101 Å². The molecule has 0 bridgehead atoms. The molecule has 0 spiro atoms. The number of benzene rings is 1. The van der Waals surface area contributed by atoms with Crippen molar-refractivity contribution in [3.05, 3.63) is 23.8 Å². The third kappa shape index (κ3) is 2.77. The van der Waals surface area contributed by atoms with Gasteiger partial charge in [-0.1, -0.05) is 19.4 Å². The summed E-state index contributed by atoms with van der Waals surface area (Å²) < 4.78 is 5.31. The second kappa shape index (κ2) is 5.19. The van der Waals surface area contributed by atoms with Gasteiger partial charge in [0.1, 0.15) is 5.75 Å². The Morgan fingerprint density at radius 2 is 2.35 bits per heavy atom. The number of carbonyl (C=O) groups excluding carboxylic acids is 1. The maximum atomic E-state index is 11.2. The number of anilines is 1. The number of hydrogen-bond donors (Lipinski definition) is 2. The first-order chi connectivity index (χ1) is 8.22. The molecule has 4 heteroatoms. The maximum absolute atomic E-state index is 11.2. The van der Waals surface area contributed by atoms with E-state index >= 15 is 0 Å². The van der Waals surface area contributed by atoms with E-state index in [1.54, 1.807) is 0 Å². The quantitative estimate of drug-likeness (QED) is 0.830. The molecule has 92 valence electrons. The monoisotopic (exact) mass is 234 g/mol. The zero-order chi connectivity index (χ0) is 12.3. The molecule has 0 aliphatic carbocycles. The Balaban J connectivity index is 2.15. The smallest absolute Gasteiger partial charge is 0.262 e. The second-order valence-electron chi connectivity index (χ2n) is 4.38. The van der Waals surface area contributed by atoms with Crippen LogP contribution in [0.3, 0.4) is 0 Å². The molecule has 1 atom stereocenters. The average molecular weight is 234 g/mol. The summed E-state index contributed by atoms with van der Waals surface area (Å²) in [4.78, 5) is 11.2. The average Bonchev–Trinajstić information content (AvgIpc) is 2.35. The molecule has 2 rings (SSSR count). The lowest BCUT2D eigenvalue weighted by Gasteiger charge is -2.19. The van der Waals surface area contributed by atoms with Crippen LogP contribution in [0.5, 0.6) is 5.75 Å².